The Bertz CT molecular complexity index is 589. The molecule has 1 heterocycles. The van der Waals surface area contributed by atoms with E-state index in [2.05, 4.69) is 17.6 Å². The van der Waals surface area contributed by atoms with Gasteiger partial charge in [-0.25, -0.2) is 8.42 Å². The van der Waals surface area contributed by atoms with E-state index < -0.39 is 9.84 Å². The molecule has 0 aromatic heterocycles. The highest BCUT2D eigenvalue weighted by Gasteiger charge is 2.29. The second-order valence-electron chi connectivity index (χ2n) is 9.52. The van der Waals surface area contributed by atoms with Crippen LogP contribution in [0.5, 0.6) is 0 Å². The van der Waals surface area contributed by atoms with Gasteiger partial charge in [-0.05, 0) is 43.4 Å². The lowest BCUT2D eigenvalue weighted by molar-refractivity contribution is 0.289. The summed E-state index contributed by atoms with van der Waals surface area (Å²) < 4.78 is 23.5. The number of rotatable bonds is 5. The van der Waals surface area contributed by atoms with Crippen LogP contribution >= 0.6 is 0 Å². The van der Waals surface area contributed by atoms with Gasteiger partial charge in [-0.2, -0.15) is 0 Å². The fraction of sp³-hybridized carbons (Fsp3) is 0.952. The Labute approximate surface area is 166 Å². The second kappa shape index (κ2) is 9.62. The molecule has 0 spiro atoms. The monoisotopic (exact) mass is 397 g/mol. The molecule has 3 rings (SSSR count). The van der Waals surface area contributed by atoms with E-state index in [1.54, 1.807) is 0 Å². The lowest BCUT2D eigenvalue weighted by Gasteiger charge is -2.29. The van der Waals surface area contributed by atoms with Crippen molar-refractivity contribution in [3.63, 3.8) is 0 Å². The van der Waals surface area contributed by atoms with E-state index in [-0.39, 0.29) is 5.92 Å². The predicted octanol–water partition coefficient (Wildman–Crippen LogP) is 3.65. The average Bonchev–Trinajstić information content (AvgIpc) is 2.85. The van der Waals surface area contributed by atoms with E-state index in [1.165, 1.54) is 70.6 Å². The van der Waals surface area contributed by atoms with Crippen molar-refractivity contribution < 1.29 is 8.42 Å². The van der Waals surface area contributed by atoms with Gasteiger partial charge in [0.15, 0.2) is 15.8 Å². The van der Waals surface area contributed by atoms with Crippen molar-refractivity contribution in [1.29, 1.82) is 0 Å². The molecular weight excluding hydrogens is 358 g/mol. The van der Waals surface area contributed by atoms with Crippen molar-refractivity contribution in [3.8, 4) is 0 Å². The molecule has 3 fully saturated rings. The van der Waals surface area contributed by atoms with Gasteiger partial charge in [0.1, 0.15) is 0 Å². The third-order valence-corrected chi connectivity index (χ3v) is 8.60. The van der Waals surface area contributed by atoms with Crippen molar-refractivity contribution in [1.82, 2.24) is 10.6 Å². The van der Waals surface area contributed by atoms with Crippen LogP contribution in [0.3, 0.4) is 0 Å². The largest absolute Gasteiger partial charge is 0.356 e. The molecule has 27 heavy (non-hydrogen) atoms. The van der Waals surface area contributed by atoms with Gasteiger partial charge < -0.3 is 10.6 Å². The van der Waals surface area contributed by atoms with Crippen molar-refractivity contribution in [3.05, 3.63) is 0 Å². The van der Waals surface area contributed by atoms with E-state index in [0.717, 1.165) is 18.9 Å². The second-order valence-corrected chi connectivity index (χ2v) is 11.7. The van der Waals surface area contributed by atoms with Crippen LogP contribution in [0.2, 0.25) is 0 Å². The van der Waals surface area contributed by atoms with E-state index in [9.17, 15) is 8.42 Å². The Morgan fingerprint density at radius 1 is 1.00 bits per heavy atom. The summed E-state index contributed by atoms with van der Waals surface area (Å²) in [5.74, 6) is 1.81. The van der Waals surface area contributed by atoms with Crippen molar-refractivity contribution >= 4 is 15.8 Å². The van der Waals surface area contributed by atoms with Gasteiger partial charge in [0.2, 0.25) is 0 Å². The van der Waals surface area contributed by atoms with Crippen LogP contribution < -0.4 is 10.6 Å². The molecule has 1 aliphatic heterocycles. The first-order valence-corrected chi connectivity index (χ1v) is 13.0. The van der Waals surface area contributed by atoms with Gasteiger partial charge in [-0.3, -0.25) is 4.99 Å². The molecule has 0 bridgehead atoms. The maximum absolute atomic E-state index is 11.7. The highest BCUT2D eigenvalue weighted by Crippen LogP contribution is 2.34. The standard InChI is InChI=1S/C21H39N3O2S/c1-21(12-7-2-3-8-13-21)17-23-20(24-19-9-5-4-6-10-19)22-15-18-11-14-27(25,26)16-18/h18-19H,2-17H2,1H3,(H2,22,23,24). The van der Waals surface area contributed by atoms with Gasteiger partial charge in [-0.1, -0.05) is 51.9 Å². The molecule has 0 radical (unpaired) electrons. The highest BCUT2D eigenvalue weighted by molar-refractivity contribution is 7.91. The molecule has 2 aliphatic carbocycles. The summed E-state index contributed by atoms with van der Waals surface area (Å²) in [6.07, 6.45) is 15.1. The number of aliphatic imine (C=N–C) groups is 1. The molecule has 156 valence electrons. The quantitative estimate of drug-likeness (QED) is 0.422. The Hall–Kier alpha value is -0.780. The van der Waals surface area contributed by atoms with Gasteiger partial charge in [0.05, 0.1) is 11.5 Å². The Balaban J connectivity index is 1.59. The number of nitrogens with one attached hydrogen (secondary N) is 2. The molecule has 2 saturated carbocycles. The lowest BCUT2D eigenvalue weighted by Crippen LogP contribution is -2.46. The summed E-state index contributed by atoms with van der Waals surface area (Å²) in [6, 6.07) is 0.513. The van der Waals surface area contributed by atoms with Gasteiger partial charge in [0.25, 0.3) is 0 Å². The van der Waals surface area contributed by atoms with Gasteiger partial charge in [0, 0.05) is 19.1 Å². The minimum Gasteiger partial charge on any atom is -0.356 e. The van der Waals surface area contributed by atoms with Crippen LogP contribution in [0, 0.1) is 11.3 Å². The predicted molar refractivity (Wildman–Crippen MR) is 113 cm³/mol. The van der Waals surface area contributed by atoms with Gasteiger partial charge >= 0.3 is 0 Å². The number of nitrogens with zero attached hydrogens (tertiary/aromatic N) is 1. The molecule has 3 aliphatic rings. The van der Waals surface area contributed by atoms with E-state index in [4.69, 9.17) is 4.99 Å². The van der Waals surface area contributed by atoms with Crippen LogP contribution in [0.1, 0.15) is 84.0 Å². The summed E-state index contributed by atoms with van der Waals surface area (Å²) in [5.41, 5.74) is 0.314. The first-order valence-electron chi connectivity index (χ1n) is 11.2. The summed E-state index contributed by atoms with van der Waals surface area (Å²) in [4.78, 5) is 5.00. The molecule has 1 unspecified atom stereocenters. The van der Waals surface area contributed by atoms with Crippen LogP contribution in [-0.4, -0.2) is 45.0 Å². The summed E-state index contributed by atoms with van der Waals surface area (Å²) in [7, 11) is -2.81. The Morgan fingerprint density at radius 3 is 2.30 bits per heavy atom. The first-order chi connectivity index (χ1) is 12.9. The van der Waals surface area contributed by atoms with Crippen molar-refractivity contribution in [2.45, 2.75) is 90.0 Å². The number of hydrogen-bond donors (Lipinski definition) is 2. The molecule has 2 N–H and O–H groups in total. The maximum atomic E-state index is 11.7. The van der Waals surface area contributed by atoms with Crippen LogP contribution in [0.25, 0.3) is 0 Å². The van der Waals surface area contributed by atoms with Gasteiger partial charge in [-0.15, -0.1) is 0 Å². The third kappa shape index (κ3) is 6.95. The Kier molecular flexibility index (Phi) is 7.46. The highest BCUT2D eigenvalue weighted by atomic mass is 32.2. The normalized spacial score (nSPS) is 29.2. The lowest BCUT2D eigenvalue weighted by atomic mass is 9.83. The summed E-state index contributed by atoms with van der Waals surface area (Å²) in [6.45, 7) is 3.98. The summed E-state index contributed by atoms with van der Waals surface area (Å²) in [5, 5.41) is 7.16. The fourth-order valence-corrected chi connectivity index (χ4v) is 6.74. The van der Waals surface area contributed by atoms with Crippen molar-refractivity contribution in [2.24, 2.45) is 16.3 Å². The van der Waals surface area contributed by atoms with Crippen molar-refractivity contribution in [2.75, 3.05) is 24.6 Å². The van der Waals surface area contributed by atoms with E-state index >= 15 is 0 Å². The zero-order chi connectivity index (χ0) is 19.2. The number of sulfone groups is 1. The zero-order valence-electron chi connectivity index (χ0n) is 17.1. The summed E-state index contributed by atoms with van der Waals surface area (Å²) >= 11 is 0. The SMILES string of the molecule is CC1(CN=C(NCC2CCS(=O)(=O)C2)NC2CCCCC2)CCCCCC1. The molecule has 0 aromatic carbocycles. The number of guanidine groups is 1. The zero-order valence-corrected chi connectivity index (χ0v) is 18.0. The fourth-order valence-electron chi connectivity index (χ4n) is 4.88. The topological polar surface area (TPSA) is 70.6 Å². The smallest absolute Gasteiger partial charge is 0.191 e. The molecule has 0 amide bonds. The minimum atomic E-state index is -2.81. The van der Waals surface area contributed by atoms with E-state index in [1.807, 2.05) is 0 Å². The van der Waals surface area contributed by atoms with Crippen LogP contribution in [-0.2, 0) is 9.84 Å². The molecule has 6 heteroatoms. The molecule has 5 nitrogen and oxygen atoms in total. The molecule has 1 atom stereocenters. The van der Waals surface area contributed by atoms with E-state index in [0.29, 0.717) is 29.5 Å². The molecule has 1 saturated heterocycles. The third-order valence-electron chi connectivity index (χ3n) is 6.76. The first kappa shape index (κ1) is 20.9. The molecular formula is C21H39N3O2S. The number of hydrogen-bond acceptors (Lipinski definition) is 3. The Morgan fingerprint density at radius 2 is 1.67 bits per heavy atom. The van der Waals surface area contributed by atoms with Crippen LogP contribution in [0.4, 0.5) is 0 Å². The minimum absolute atomic E-state index is 0.224. The van der Waals surface area contributed by atoms with Crippen LogP contribution in [0.15, 0.2) is 4.99 Å². The maximum Gasteiger partial charge on any atom is 0.191 e. The average molecular weight is 398 g/mol. The molecule has 0 aromatic rings.